The lowest BCUT2D eigenvalue weighted by atomic mass is 9.93. The molecule has 2 aromatic carbocycles. The second kappa shape index (κ2) is 7.14. The number of hydrogen-bond acceptors (Lipinski definition) is 3. The zero-order chi connectivity index (χ0) is 17.9. The second-order valence-electron chi connectivity index (χ2n) is 5.68. The zero-order valence-corrected chi connectivity index (χ0v) is 15.2. The molecule has 0 radical (unpaired) electrons. The summed E-state index contributed by atoms with van der Waals surface area (Å²) in [7, 11) is 0. The molecule has 0 aliphatic rings. The molecule has 126 valence electrons. The van der Waals surface area contributed by atoms with E-state index in [1.165, 1.54) is 6.07 Å². The van der Waals surface area contributed by atoms with Crippen molar-refractivity contribution in [2.24, 2.45) is 0 Å². The van der Waals surface area contributed by atoms with Crippen molar-refractivity contribution < 1.29 is 4.39 Å². The number of hydrogen-bond donors (Lipinski definition) is 0. The van der Waals surface area contributed by atoms with Crippen LogP contribution in [0.25, 0.3) is 33.5 Å². The molecule has 0 spiro atoms. The van der Waals surface area contributed by atoms with Gasteiger partial charge in [-0.1, -0.05) is 48.5 Å². The molecule has 3 nitrogen and oxygen atoms in total. The number of nitrogens with zero attached hydrogens (tertiary/aromatic N) is 3. The molecule has 2 heterocycles. The Morgan fingerprint density at radius 1 is 0.731 bits per heavy atom. The Balaban J connectivity index is 2.10. The van der Waals surface area contributed by atoms with Crippen LogP contribution in [0.15, 0.2) is 83.7 Å². The third kappa shape index (κ3) is 3.02. The SMILES string of the molecule is Fc1ccccc1-c1nnc(Br)c(-c2cccnc2)c1-c1ccccc1. The van der Waals surface area contributed by atoms with Crippen LogP contribution in [0.3, 0.4) is 0 Å². The van der Waals surface area contributed by atoms with E-state index in [-0.39, 0.29) is 5.82 Å². The average Bonchev–Trinajstić information content (AvgIpc) is 2.70. The van der Waals surface area contributed by atoms with Crippen LogP contribution in [0.4, 0.5) is 4.39 Å². The van der Waals surface area contributed by atoms with E-state index in [0.29, 0.717) is 15.9 Å². The molecular weight excluding hydrogens is 393 g/mol. The van der Waals surface area contributed by atoms with Crippen LogP contribution in [-0.2, 0) is 0 Å². The maximum Gasteiger partial charge on any atom is 0.137 e. The highest BCUT2D eigenvalue weighted by Crippen LogP contribution is 2.41. The van der Waals surface area contributed by atoms with E-state index in [0.717, 1.165) is 22.3 Å². The van der Waals surface area contributed by atoms with Crippen molar-refractivity contribution in [2.45, 2.75) is 0 Å². The van der Waals surface area contributed by atoms with Crippen LogP contribution in [0.5, 0.6) is 0 Å². The van der Waals surface area contributed by atoms with Gasteiger partial charge >= 0.3 is 0 Å². The van der Waals surface area contributed by atoms with E-state index in [4.69, 9.17) is 0 Å². The molecule has 26 heavy (non-hydrogen) atoms. The summed E-state index contributed by atoms with van der Waals surface area (Å²) in [5.74, 6) is -0.335. The molecule has 4 rings (SSSR count). The molecule has 0 aliphatic carbocycles. The first-order chi connectivity index (χ1) is 12.8. The van der Waals surface area contributed by atoms with Gasteiger partial charge in [-0.3, -0.25) is 4.98 Å². The van der Waals surface area contributed by atoms with Gasteiger partial charge in [-0.2, -0.15) is 0 Å². The van der Waals surface area contributed by atoms with Crippen molar-refractivity contribution in [2.75, 3.05) is 0 Å². The summed E-state index contributed by atoms with van der Waals surface area (Å²) in [4.78, 5) is 4.21. The smallest absolute Gasteiger partial charge is 0.137 e. The van der Waals surface area contributed by atoms with Crippen molar-refractivity contribution in [1.82, 2.24) is 15.2 Å². The van der Waals surface area contributed by atoms with Gasteiger partial charge in [-0.05, 0) is 39.7 Å². The van der Waals surface area contributed by atoms with E-state index in [1.807, 2.05) is 42.5 Å². The predicted molar refractivity (Wildman–Crippen MR) is 104 cm³/mol. The molecule has 5 heteroatoms. The van der Waals surface area contributed by atoms with Gasteiger partial charge in [-0.15, -0.1) is 10.2 Å². The topological polar surface area (TPSA) is 38.7 Å². The summed E-state index contributed by atoms with van der Waals surface area (Å²) in [5.41, 5.74) is 4.36. The van der Waals surface area contributed by atoms with Crippen LogP contribution >= 0.6 is 15.9 Å². The van der Waals surface area contributed by atoms with E-state index in [2.05, 4.69) is 31.1 Å². The molecule has 4 aromatic rings. The molecule has 0 aliphatic heterocycles. The zero-order valence-electron chi connectivity index (χ0n) is 13.6. The number of halogens is 2. The first kappa shape index (κ1) is 16.5. The Labute approximate surface area is 158 Å². The summed E-state index contributed by atoms with van der Waals surface area (Å²) < 4.78 is 15.1. The first-order valence-corrected chi connectivity index (χ1v) is 8.82. The molecule has 0 fully saturated rings. The Kier molecular flexibility index (Phi) is 4.54. The minimum Gasteiger partial charge on any atom is -0.264 e. The summed E-state index contributed by atoms with van der Waals surface area (Å²) >= 11 is 3.51. The van der Waals surface area contributed by atoms with Crippen molar-refractivity contribution in [1.29, 1.82) is 0 Å². The lowest BCUT2D eigenvalue weighted by Crippen LogP contribution is -1.99. The Morgan fingerprint density at radius 2 is 1.46 bits per heavy atom. The van der Waals surface area contributed by atoms with Gasteiger partial charge in [0.2, 0.25) is 0 Å². The number of pyridine rings is 1. The molecule has 0 saturated heterocycles. The van der Waals surface area contributed by atoms with Gasteiger partial charge < -0.3 is 0 Å². The molecule has 0 amide bonds. The minimum absolute atomic E-state index is 0.335. The quantitative estimate of drug-likeness (QED) is 0.433. The number of rotatable bonds is 3. The Hall–Kier alpha value is -2.92. The fourth-order valence-corrected chi connectivity index (χ4v) is 3.42. The minimum atomic E-state index is -0.335. The maximum absolute atomic E-state index is 14.5. The molecule has 0 saturated carbocycles. The fraction of sp³-hybridized carbons (Fsp3) is 0. The Morgan fingerprint density at radius 3 is 2.19 bits per heavy atom. The third-order valence-corrected chi connectivity index (χ3v) is 4.63. The van der Waals surface area contributed by atoms with Gasteiger partial charge in [0.1, 0.15) is 16.1 Å². The molecule has 0 atom stereocenters. The largest absolute Gasteiger partial charge is 0.264 e. The monoisotopic (exact) mass is 405 g/mol. The number of aromatic nitrogens is 3. The van der Waals surface area contributed by atoms with Gasteiger partial charge in [0.05, 0.1) is 0 Å². The third-order valence-electron chi connectivity index (χ3n) is 4.07. The van der Waals surface area contributed by atoms with Crippen molar-refractivity contribution >= 4 is 15.9 Å². The lowest BCUT2D eigenvalue weighted by molar-refractivity contribution is 0.630. The average molecular weight is 406 g/mol. The Bertz CT molecular complexity index is 1050. The molecule has 0 N–H and O–H groups in total. The standard InChI is InChI=1S/C21H13BrFN3/c22-21-19(15-9-6-12-24-13-15)18(14-7-2-1-3-8-14)20(25-26-21)16-10-4-5-11-17(16)23/h1-13H. The highest BCUT2D eigenvalue weighted by molar-refractivity contribution is 9.10. The molecule has 0 bridgehead atoms. The van der Waals surface area contributed by atoms with Crippen molar-refractivity contribution in [3.05, 3.63) is 89.5 Å². The van der Waals surface area contributed by atoms with Crippen LogP contribution in [0.2, 0.25) is 0 Å². The highest BCUT2D eigenvalue weighted by atomic mass is 79.9. The summed E-state index contributed by atoms with van der Waals surface area (Å²) in [6, 6.07) is 20.2. The summed E-state index contributed by atoms with van der Waals surface area (Å²) in [5, 5.41) is 8.55. The van der Waals surface area contributed by atoms with Gasteiger partial charge in [-0.25, -0.2) is 4.39 Å². The van der Waals surface area contributed by atoms with E-state index < -0.39 is 0 Å². The van der Waals surface area contributed by atoms with Gasteiger partial charge in [0, 0.05) is 34.6 Å². The number of benzene rings is 2. The van der Waals surface area contributed by atoms with E-state index in [1.54, 1.807) is 30.6 Å². The van der Waals surface area contributed by atoms with E-state index in [9.17, 15) is 4.39 Å². The van der Waals surface area contributed by atoms with Gasteiger partial charge in [0.15, 0.2) is 0 Å². The van der Waals surface area contributed by atoms with Crippen molar-refractivity contribution in [3.8, 4) is 33.5 Å². The maximum atomic E-state index is 14.5. The highest BCUT2D eigenvalue weighted by Gasteiger charge is 2.21. The summed E-state index contributed by atoms with van der Waals surface area (Å²) in [6.45, 7) is 0. The second-order valence-corrected chi connectivity index (χ2v) is 6.43. The van der Waals surface area contributed by atoms with Gasteiger partial charge in [0.25, 0.3) is 0 Å². The van der Waals surface area contributed by atoms with Crippen LogP contribution in [0, 0.1) is 5.82 Å². The van der Waals surface area contributed by atoms with Crippen LogP contribution < -0.4 is 0 Å². The molecular formula is C21H13BrFN3. The predicted octanol–water partition coefficient (Wildman–Crippen LogP) is 5.77. The molecule has 2 aromatic heterocycles. The first-order valence-electron chi connectivity index (χ1n) is 8.02. The van der Waals surface area contributed by atoms with E-state index >= 15 is 0 Å². The molecule has 0 unspecified atom stereocenters. The van der Waals surface area contributed by atoms with Crippen molar-refractivity contribution in [3.63, 3.8) is 0 Å². The van der Waals surface area contributed by atoms with Crippen LogP contribution in [-0.4, -0.2) is 15.2 Å². The fourth-order valence-electron chi connectivity index (χ4n) is 2.92. The van der Waals surface area contributed by atoms with Crippen LogP contribution in [0.1, 0.15) is 0 Å². The summed E-state index contributed by atoms with van der Waals surface area (Å²) in [6.07, 6.45) is 3.48. The normalized spacial score (nSPS) is 10.7. The lowest BCUT2D eigenvalue weighted by Gasteiger charge is -2.16.